The molecule has 0 aromatic rings. The van der Waals surface area contributed by atoms with Gasteiger partial charge in [-0.1, -0.05) is 6.92 Å². The van der Waals surface area contributed by atoms with E-state index in [9.17, 15) is 8.42 Å². The van der Waals surface area contributed by atoms with Crippen LogP contribution in [0, 0.1) is 11.8 Å². The Morgan fingerprint density at radius 1 is 1.35 bits per heavy atom. The molecule has 2 fully saturated rings. The van der Waals surface area contributed by atoms with Crippen molar-refractivity contribution in [1.82, 2.24) is 9.62 Å². The molecule has 4 nitrogen and oxygen atoms in total. The Hall–Kier alpha value is -0.130. The van der Waals surface area contributed by atoms with E-state index in [-0.39, 0.29) is 0 Å². The van der Waals surface area contributed by atoms with Crippen molar-refractivity contribution >= 4 is 10.0 Å². The van der Waals surface area contributed by atoms with E-state index < -0.39 is 10.0 Å². The first-order valence-corrected chi connectivity index (χ1v) is 8.55. The number of fused-ring (bicyclic) bond motifs is 1. The van der Waals surface area contributed by atoms with Crippen LogP contribution >= 0.6 is 0 Å². The minimum atomic E-state index is -3.01. The predicted octanol–water partition coefficient (Wildman–Crippen LogP) is 1.05. The smallest absolute Gasteiger partial charge is 0.211 e. The van der Waals surface area contributed by atoms with Crippen molar-refractivity contribution in [1.29, 1.82) is 0 Å². The minimum Gasteiger partial charge on any atom is -0.314 e. The van der Waals surface area contributed by atoms with Gasteiger partial charge in [-0.3, -0.25) is 0 Å². The largest absolute Gasteiger partial charge is 0.314 e. The summed E-state index contributed by atoms with van der Waals surface area (Å²) in [7, 11) is -3.01. The minimum absolute atomic E-state index is 0.576. The zero-order chi connectivity index (χ0) is 12.5. The number of hydrogen-bond acceptors (Lipinski definition) is 3. The third kappa shape index (κ3) is 3.42. The molecule has 0 bridgehead atoms. The van der Waals surface area contributed by atoms with E-state index in [0.29, 0.717) is 19.1 Å². The van der Waals surface area contributed by atoms with Crippen molar-refractivity contribution in [3.05, 3.63) is 0 Å². The molecule has 0 amide bonds. The molecule has 0 aliphatic heterocycles. The van der Waals surface area contributed by atoms with Crippen molar-refractivity contribution in [3.63, 3.8) is 0 Å². The summed E-state index contributed by atoms with van der Waals surface area (Å²) in [6.45, 7) is 4.05. The number of sulfonamides is 1. The van der Waals surface area contributed by atoms with Crippen LogP contribution in [-0.4, -0.2) is 44.7 Å². The fraction of sp³-hybridized carbons (Fsp3) is 1.00. The van der Waals surface area contributed by atoms with Crippen LogP contribution in [0.1, 0.15) is 32.6 Å². The van der Waals surface area contributed by atoms with Gasteiger partial charge in [-0.2, -0.15) is 0 Å². The van der Waals surface area contributed by atoms with Gasteiger partial charge in [0.05, 0.1) is 6.26 Å². The van der Waals surface area contributed by atoms with Crippen LogP contribution in [0.4, 0.5) is 0 Å². The molecule has 0 aromatic heterocycles. The molecule has 0 heterocycles. The number of nitrogens with one attached hydrogen (secondary N) is 1. The molecule has 2 aliphatic rings. The second kappa shape index (κ2) is 5.24. The maximum Gasteiger partial charge on any atom is 0.211 e. The molecule has 0 saturated heterocycles. The van der Waals surface area contributed by atoms with Crippen molar-refractivity contribution in [2.75, 3.05) is 25.9 Å². The Balaban J connectivity index is 1.62. The summed E-state index contributed by atoms with van der Waals surface area (Å²) in [5.41, 5.74) is 0. The predicted molar refractivity (Wildman–Crippen MR) is 69.3 cm³/mol. The van der Waals surface area contributed by atoms with E-state index in [1.165, 1.54) is 25.5 Å². The van der Waals surface area contributed by atoms with Crippen molar-refractivity contribution < 1.29 is 8.42 Å². The number of rotatable bonds is 7. The van der Waals surface area contributed by atoms with Gasteiger partial charge in [-0.15, -0.1) is 0 Å². The standard InChI is InChI=1S/C12H24N2O2S/c1-3-14(17(2,15)16)8-4-7-13-12-6-5-10-9-11(10)12/h10-13H,3-9H2,1-2H3/t10-,11+,12?/m0/s1. The lowest BCUT2D eigenvalue weighted by Gasteiger charge is -2.19. The summed E-state index contributed by atoms with van der Waals surface area (Å²) < 4.78 is 24.3. The van der Waals surface area contributed by atoms with E-state index in [1.54, 1.807) is 4.31 Å². The van der Waals surface area contributed by atoms with Crippen molar-refractivity contribution in [2.45, 2.75) is 38.6 Å². The second-order valence-electron chi connectivity index (χ2n) is 5.41. The Bertz CT molecular complexity index is 356. The molecular formula is C12H24N2O2S. The lowest BCUT2D eigenvalue weighted by molar-refractivity contribution is 0.402. The molecule has 5 heteroatoms. The molecule has 0 spiro atoms. The highest BCUT2D eigenvalue weighted by Gasteiger charge is 2.47. The van der Waals surface area contributed by atoms with Crippen LogP contribution in [0.3, 0.4) is 0 Å². The molecule has 0 aromatic carbocycles. The van der Waals surface area contributed by atoms with Gasteiger partial charge in [0.15, 0.2) is 0 Å². The first-order chi connectivity index (χ1) is 8.02. The van der Waals surface area contributed by atoms with Crippen LogP contribution in [0.2, 0.25) is 0 Å². The molecule has 2 saturated carbocycles. The highest BCUT2D eigenvalue weighted by atomic mass is 32.2. The molecule has 1 unspecified atom stereocenters. The first-order valence-electron chi connectivity index (χ1n) is 6.71. The Labute approximate surface area is 105 Å². The molecule has 2 aliphatic carbocycles. The summed E-state index contributed by atoms with van der Waals surface area (Å²) >= 11 is 0. The highest BCUT2D eigenvalue weighted by Crippen LogP contribution is 2.51. The van der Waals surface area contributed by atoms with Crippen LogP contribution in [-0.2, 0) is 10.0 Å². The molecule has 17 heavy (non-hydrogen) atoms. The maximum atomic E-state index is 11.4. The Kier molecular flexibility index (Phi) is 4.10. The quantitative estimate of drug-likeness (QED) is 0.696. The molecule has 100 valence electrons. The third-order valence-electron chi connectivity index (χ3n) is 4.16. The molecular weight excluding hydrogens is 236 g/mol. The summed E-state index contributed by atoms with van der Waals surface area (Å²) in [6, 6.07) is 0.716. The van der Waals surface area contributed by atoms with E-state index >= 15 is 0 Å². The second-order valence-corrected chi connectivity index (χ2v) is 7.39. The van der Waals surface area contributed by atoms with E-state index in [1.807, 2.05) is 6.92 Å². The van der Waals surface area contributed by atoms with Crippen LogP contribution < -0.4 is 5.32 Å². The van der Waals surface area contributed by atoms with E-state index in [0.717, 1.165) is 24.8 Å². The summed E-state index contributed by atoms with van der Waals surface area (Å²) in [5, 5.41) is 3.58. The molecule has 2 rings (SSSR count). The van der Waals surface area contributed by atoms with Gasteiger partial charge in [0.2, 0.25) is 10.0 Å². The lowest BCUT2D eigenvalue weighted by atomic mass is 10.1. The maximum absolute atomic E-state index is 11.4. The van der Waals surface area contributed by atoms with Gasteiger partial charge in [0.1, 0.15) is 0 Å². The zero-order valence-corrected chi connectivity index (χ0v) is 11.7. The Morgan fingerprint density at radius 2 is 2.12 bits per heavy atom. The Morgan fingerprint density at radius 3 is 2.59 bits per heavy atom. The van der Waals surface area contributed by atoms with Crippen LogP contribution in [0.15, 0.2) is 0 Å². The fourth-order valence-electron chi connectivity index (χ4n) is 3.06. The normalized spacial score (nSPS) is 31.8. The van der Waals surface area contributed by atoms with Gasteiger partial charge in [0.25, 0.3) is 0 Å². The topological polar surface area (TPSA) is 49.4 Å². The average molecular weight is 260 g/mol. The number of nitrogens with zero attached hydrogens (tertiary/aromatic N) is 1. The first kappa shape index (κ1) is 13.3. The fourth-order valence-corrected chi connectivity index (χ4v) is 3.99. The summed E-state index contributed by atoms with van der Waals surface area (Å²) in [4.78, 5) is 0. The van der Waals surface area contributed by atoms with Gasteiger partial charge >= 0.3 is 0 Å². The molecule has 1 N–H and O–H groups in total. The average Bonchev–Trinajstić information content (AvgIpc) is 2.92. The number of hydrogen-bond donors (Lipinski definition) is 1. The van der Waals surface area contributed by atoms with Crippen LogP contribution in [0.5, 0.6) is 0 Å². The van der Waals surface area contributed by atoms with Crippen LogP contribution in [0.25, 0.3) is 0 Å². The van der Waals surface area contributed by atoms with Gasteiger partial charge < -0.3 is 5.32 Å². The lowest BCUT2D eigenvalue weighted by Crippen LogP contribution is -2.35. The zero-order valence-electron chi connectivity index (χ0n) is 10.9. The summed E-state index contributed by atoms with van der Waals surface area (Å²) in [5.74, 6) is 1.95. The van der Waals surface area contributed by atoms with Gasteiger partial charge in [-0.25, -0.2) is 12.7 Å². The van der Waals surface area contributed by atoms with E-state index in [2.05, 4.69) is 5.32 Å². The van der Waals surface area contributed by atoms with Gasteiger partial charge in [-0.05, 0) is 44.1 Å². The van der Waals surface area contributed by atoms with E-state index in [4.69, 9.17) is 0 Å². The summed E-state index contributed by atoms with van der Waals surface area (Å²) in [6.07, 6.45) is 6.33. The monoisotopic (exact) mass is 260 g/mol. The van der Waals surface area contributed by atoms with Crippen molar-refractivity contribution in [3.8, 4) is 0 Å². The highest BCUT2D eigenvalue weighted by molar-refractivity contribution is 7.88. The molecule has 0 radical (unpaired) electrons. The SMILES string of the molecule is CCN(CCCNC1CC[C@H]2C[C@@H]12)S(C)(=O)=O. The molecule has 3 atom stereocenters. The van der Waals surface area contributed by atoms with Crippen molar-refractivity contribution in [2.24, 2.45) is 11.8 Å². The van der Waals surface area contributed by atoms with Gasteiger partial charge in [0, 0.05) is 19.1 Å². The third-order valence-corrected chi connectivity index (χ3v) is 5.53.